The molecule has 1 unspecified atom stereocenters. The molecule has 0 aliphatic carbocycles. The predicted molar refractivity (Wildman–Crippen MR) is 161 cm³/mol. The largest absolute Gasteiger partial charge is 0.492 e. The lowest BCUT2D eigenvalue weighted by molar-refractivity contribution is 0.00745. The highest BCUT2D eigenvalue weighted by Crippen LogP contribution is 2.37. The number of aliphatic hydroxyl groups is 1. The van der Waals surface area contributed by atoms with E-state index in [-0.39, 0.29) is 24.3 Å². The minimum atomic E-state index is -0.560. The van der Waals surface area contributed by atoms with Crippen LogP contribution in [0.2, 0.25) is 5.02 Å². The molecule has 1 fully saturated rings. The maximum Gasteiger partial charge on any atom is 0.410 e. The number of carbonyl (C=O) groups excluding carboxylic acids is 1. The molecular weight excluding hydrogens is 528 g/mol. The number of H-pyrrole nitrogens is 1. The Hall–Kier alpha value is -3.03. The van der Waals surface area contributed by atoms with Crippen LogP contribution in [-0.2, 0) is 11.2 Å². The number of nitrogens with one attached hydrogen (secondary N) is 1. The Morgan fingerprint density at radius 1 is 1.12 bits per heavy atom. The first kappa shape index (κ1) is 29.9. The van der Waals surface area contributed by atoms with Crippen LogP contribution >= 0.6 is 11.6 Å². The summed E-state index contributed by atoms with van der Waals surface area (Å²) in [6.45, 7) is 10.7. The average Bonchev–Trinajstić information content (AvgIpc) is 2.86. The number of hydrogen-bond donors (Lipinski definition) is 2. The molecule has 1 saturated heterocycles. The van der Waals surface area contributed by atoms with Gasteiger partial charge in [-0.25, -0.2) is 4.79 Å². The number of rotatable bonds is 8. The molecule has 2 aromatic carbocycles. The van der Waals surface area contributed by atoms with E-state index in [4.69, 9.17) is 21.1 Å². The molecule has 7 nitrogen and oxygen atoms in total. The maximum absolute atomic E-state index is 13.5. The van der Waals surface area contributed by atoms with E-state index in [1.54, 1.807) is 6.07 Å². The van der Waals surface area contributed by atoms with Gasteiger partial charge in [-0.3, -0.25) is 4.79 Å². The first-order valence-electron chi connectivity index (χ1n) is 14.2. The summed E-state index contributed by atoms with van der Waals surface area (Å²) in [6.07, 6.45) is 4.38. The van der Waals surface area contributed by atoms with Crippen molar-refractivity contribution in [2.24, 2.45) is 0 Å². The molecule has 8 heteroatoms. The van der Waals surface area contributed by atoms with E-state index < -0.39 is 5.60 Å². The summed E-state index contributed by atoms with van der Waals surface area (Å²) in [5.74, 6) is 0.505. The van der Waals surface area contributed by atoms with E-state index in [1.807, 2.05) is 57.7 Å². The highest BCUT2D eigenvalue weighted by molar-refractivity contribution is 6.32. The number of fused-ring (bicyclic) bond motifs is 1. The SMILES string of the molecule is Cc1cc(C)cc(-c2c(OCCC3CCCCN3C(=O)OC(C)(C)C)c3cc(CCCO)c(Cl)cc3[nH]c2=O)c1. The second kappa shape index (κ2) is 12.6. The lowest BCUT2D eigenvalue weighted by Gasteiger charge is -2.36. The van der Waals surface area contributed by atoms with Gasteiger partial charge in [-0.05, 0) is 90.0 Å². The molecule has 40 heavy (non-hydrogen) atoms. The standard InChI is InChI=1S/C32H41ClN2O5/c1-20-15-21(2)17-23(16-20)28-29(25-18-22(9-8-13-36)26(33)19-27(25)34-30(28)37)39-14-11-24-10-6-7-12-35(24)31(38)40-32(3,4)5/h15-19,24,36H,6-14H2,1-5H3,(H,34,37). The Bertz CT molecular complexity index is 1410. The summed E-state index contributed by atoms with van der Waals surface area (Å²) < 4.78 is 12.2. The number of likely N-dealkylation sites (tertiary alicyclic amines) is 1. The number of aromatic nitrogens is 1. The lowest BCUT2D eigenvalue weighted by Crippen LogP contribution is -2.46. The molecule has 0 radical (unpaired) electrons. The van der Waals surface area contributed by atoms with E-state index in [9.17, 15) is 14.7 Å². The summed E-state index contributed by atoms with van der Waals surface area (Å²) in [5.41, 5.74) is 4.03. The van der Waals surface area contributed by atoms with Gasteiger partial charge in [0.1, 0.15) is 11.4 Å². The molecule has 3 aromatic rings. The van der Waals surface area contributed by atoms with Gasteiger partial charge in [0, 0.05) is 36.0 Å². The highest BCUT2D eigenvalue weighted by Gasteiger charge is 2.30. The number of aromatic amines is 1. The molecule has 4 rings (SSSR count). The fourth-order valence-electron chi connectivity index (χ4n) is 5.48. The van der Waals surface area contributed by atoms with Crippen molar-refractivity contribution in [3.63, 3.8) is 0 Å². The highest BCUT2D eigenvalue weighted by atomic mass is 35.5. The summed E-state index contributed by atoms with van der Waals surface area (Å²) in [5, 5.41) is 10.7. The van der Waals surface area contributed by atoms with Crippen LogP contribution in [0.5, 0.6) is 5.75 Å². The maximum atomic E-state index is 13.5. The first-order valence-corrected chi connectivity index (χ1v) is 14.5. The number of pyridine rings is 1. The third kappa shape index (κ3) is 7.18. The summed E-state index contributed by atoms with van der Waals surface area (Å²) >= 11 is 6.55. The molecule has 0 bridgehead atoms. The van der Waals surface area contributed by atoms with Gasteiger partial charge in [-0.1, -0.05) is 40.9 Å². The van der Waals surface area contributed by atoms with Crippen LogP contribution in [0.4, 0.5) is 4.79 Å². The van der Waals surface area contributed by atoms with Gasteiger partial charge in [0.15, 0.2) is 0 Å². The zero-order valence-electron chi connectivity index (χ0n) is 24.2. The third-order valence-corrected chi connectivity index (χ3v) is 7.55. The van der Waals surface area contributed by atoms with E-state index in [0.717, 1.165) is 46.9 Å². The van der Waals surface area contributed by atoms with Crippen molar-refractivity contribution in [1.82, 2.24) is 9.88 Å². The molecule has 1 aromatic heterocycles. The van der Waals surface area contributed by atoms with E-state index >= 15 is 0 Å². The van der Waals surface area contributed by atoms with E-state index in [1.165, 1.54) is 0 Å². The number of aliphatic hydroxyl groups excluding tert-OH is 1. The Labute approximate surface area is 241 Å². The van der Waals surface area contributed by atoms with Gasteiger partial charge in [-0.15, -0.1) is 0 Å². The monoisotopic (exact) mass is 568 g/mol. The minimum Gasteiger partial charge on any atom is -0.492 e. The number of halogens is 1. The van der Waals surface area contributed by atoms with Gasteiger partial charge in [-0.2, -0.15) is 0 Å². The fraction of sp³-hybridized carbons (Fsp3) is 0.500. The number of hydrogen-bond acceptors (Lipinski definition) is 5. The number of nitrogens with zero attached hydrogens (tertiary/aromatic N) is 1. The zero-order valence-corrected chi connectivity index (χ0v) is 25.0. The van der Waals surface area contributed by atoms with Crippen molar-refractivity contribution in [3.8, 4) is 16.9 Å². The van der Waals surface area contributed by atoms with Crippen molar-refractivity contribution in [2.75, 3.05) is 19.8 Å². The second-order valence-electron chi connectivity index (χ2n) is 11.8. The number of ether oxygens (including phenoxy) is 2. The topological polar surface area (TPSA) is 91.9 Å². The Morgan fingerprint density at radius 2 is 1.85 bits per heavy atom. The van der Waals surface area contributed by atoms with Crippen molar-refractivity contribution in [3.05, 3.63) is 62.4 Å². The van der Waals surface area contributed by atoms with Crippen LogP contribution in [0.25, 0.3) is 22.0 Å². The molecule has 2 N–H and O–H groups in total. The zero-order chi connectivity index (χ0) is 29.0. The van der Waals surface area contributed by atoms with Crippen LogP contribution in [-0.4, -0.2) is 52.5 Å². The van der Waals surface area contributed by atoms with E-state index in [2.05, 4.69) is 11.1 Å². The van der Waals surface area contributed by atoms with Crippen LogP contribution < -0.4 is 10.3 Å². The molecule has 0 saturated carbocycles. The number of piperidine rings is 1. The normalized spacial score (nSPS) is 15.9. The molecule has 1 aliphatic rings. The molecule has 1 amide bonds. The molecular formula is C32H41ClN2O5. The quantitative estimate of drug-likeness (QED) is 0.307. The van der Waals surface area contributed by atoms with Gasteiger partial charge in [0.05, 0.1) is 17.7 Å². The van der Waals surface area contributed by atoms with Crippen LogP contribution in [0.15, 0.2) is 35.1 Å². The Balaban J connectivity index is 1.71. The van der Waals surface area contributed by atoms with Gasteiger partial charge < -0.3 is 24.5 Å². The van der Waals surface area contributed by atoms with Crippen LogP contribution in [0, 0.1) is 13.8 Å². The molecule has 1 atom stereocenters. The van der Waals surface area contributed by atoms with Gasteiger partial charge in [0.25, 0.3) is 5.56 Å². The minimum absolute atomic E-state index is 0.00363. The number of carbonyl (C=O) groups is 1. The van der Waals surface area contributed by atoms with Gasteiger partial charge in [0.2, 0.25) is 0 Å². The Kier molecular flexibility index (Phi) is 9.47. The van der Waals surface area contributed by atoms with Crippen molar-refractivity contribution >= 4 is 28.6 Å². The lowest BCUT2D eigenvalue weighted by atomic mass is 9.98. The number of benzene rings is 2. The molecule has 0 spiro atoms. The van der Waals surface area contributed by atoms with Crippen molar-refractivity contribution in [1.29, 1.82) is 0 Å². The van der Waals surface area contributed by atoms with Crippen molar-refractivity contribution < 1.29 is 19.4 Å². The first-order chi connectivity index (χ1) is 19.0. The van der Waals surface area contributed by atoms with Gasteiger partial charge >= 0.3 is 6.09 Å². The predicted octanol–water partition coefficient (Wildman–Crippen LogP) is 6.95. The van der Waals surface area contributed by atoms with E-state index in [0.29, 0.717) is 54.3 Å². The molecule has 216 valence electrons. The number of amides is 1. The van der Waals surface area contributed by atoms with Crippen LogP contribution in [0.1, 0.15) is 69.6 Å². The third-order valence-electron chi connectivity index (χ3n) is 7.20. The Morgan fingerprint density at radius 3 is 2.52 bits per heavy atom. The second-order valence-corrected chi connectivity index (χ2v) is 12.2. The summed E-state index contributed by atoms with van der Waals surface area (Å²) in [6, 6.07) is 9.76. The average molecular weight is 569 g/mol. The smallest absolute Gasteiger partial charge is 0.410 e. The molecule has 1 aliphatic heterocycles. The summed E-state index contributed by atoms with van der Waals surface area (Å²) in [4.78, 5) is 31.3. The molecule has 2 heterocycles. The van der Waals surface area contributed by atoms with Crippen LogP contribution in [0.3, 0.4) is 0 Å². The van der Waals surface area contributed by atoms with Crippen molar-refractivity contribution in [2.45, 2.75) is 84.8 Å². The number of aryl methyl sites for hydroxylation is 3. The summed E-state index contributed by atoms with van der Waals surface area (Å²) in [7, 11) is 0. The fourth-order valence-corrected chi connectivity index (χ4v) is 5.74.